The second-order valence-corrected chi connectivity index (χ2v) is 4.46. The Balaban J connectivity index is 1.99. The molecule has 1 saturated heterocycles. The Kier molecular flexibility index (Phi) is 3.17. The highest BCUT2D eigenvalue weighted by atomic mass is 16.5. The van der Waals surface area contributed by atoms with Crippen molar-refractivity contribution >= 4 is 10.9 Å². The number of H-pyrrole nitrogens is 1. The van der Waals surface area contributed by atoms with Gasteiger partial charge < -0.3 is 14.8 Å². The van der Waals surface area contributed by atoms with Crippen molar-refractivity contribution in [2.75, 3.05) is 26.9 Å². The SMILES string of the molecule is COc1ccc2n[nH]c(C3COCCCN3)c2c1. The molecule has 2 heterocycles. The Labute approximate surface area is 105 Å². The number of fused-ring (bicyclic) bond motifs is 1. The third kappa shape index (κ3) is 2.07. The molecule has 96 valence electrons. The summed E-state index contributed by atoms with van der Waals surface area (Å²) < 4.78 is 10.9. The van der Waals surface area contributed by atoms with E-state index in [1.54, 1.807) is 7.11 Å². The van der Waals surface area contributed by atoms with Crippen LogP contribution in [0.2, 0.25) is 0 Å². The molecule has 1 atom stereocenters. The van der Waals surface area contributed by atoms with E-state index in [1.807, 2.05) is 18.2 Å². The summed E-state index contributed by atoms with van der Waals surface area (Å²) in [5, 5.41) is 12.0. The molecule has 18 heavy (non-hydrogen) atoms. The molecule has 1 aliphatic heterocycles. The van der Waals surface area contributed by atoms with Gasteiger partial charge in [0.1, 0.15) is 5.75 Å². The molecule has 1 unspecified atom stereocenters. The normalized spacial score (nSPS) is 20.8. The van der Waals surface area contributed by atoms with Gasteiger partial charge in [-0.15, -0.1) is 0 Å². The summed E-state index contributed by atoms with van der Waals surface area (Å²) in [5.41, 5.74) is 2.03. The Hall–Kier alpha value is -1.59. The number of nitrogens with one attached hydrogen (secondary N) is 2. The molecule has 0 spiro atoms. The zero-order valence-corrected chi connectivity index (χ0v) is 10.4. The van der Waals surface area contributed by atoms with Gasteiger partial charge in [-0.3, -0.25) is 5.10 Å². The van der Waals surface area contributed by atoms with Gasteiger partial charge in [-0.1, -0.05) is 0 Å². The van der Waals surface area contributed by atoms with Crippen molar-refractivity contribution in [1.82, 2.24) is 15.5 Å². The van der Waals surface area contributed by atoms with Crippen LogP contribution in [0.15, 0.2) is 18.2 Å². The van der Waals surface area contributed by atoms with Crippen molar-refractivity contribution in [2.24, 2.45) is 0 Å². The van der Waals surface area contributed by atoms with Gasteiger partial charge in [0.05, 0.1) is 31.0 Å². The summed E-state index contributed by atoms with van der Waals surface area (Å²) >= 11 is 0. The predicted octanol–water partition coefficient (Wildman–Crippen LogP) is 1.62. The molecule has 0 radical (unpaired) electrons. The van der Waals surface area contributed by atoms with Gasteiger partial charge >= 0.3 is 0 Å². The van der Waals surface area contributed by atoms with Crippen molar-refractivity contribution in [3.05, 3.63) is 23.9 Å². The maximum atomic E-state index is 5.59. The lowest BCUT2D eigenvalue weighted by atomic mass is 10.1. The molecule has 1 aromatic heterocycles. The van der Waals surface area contributed by atoms with Gasteiger partial charge in [0.25, 0.3) is 0 Å². The van der Waals surface area contributed by atoms with E-state index < -0.39 is 0 Å². The monoisotopic (exact) mass is 247 g/mol. The molecule has 1 aliphatic rings. The molecule has 2 N–H and O–H groups in total. The molecular weight excluding hydrogens is 230 g/mol. The second kappa shape index (κ2) is 4.96. The molecule has 5 nitrogen and oxygen atoms in total. The summed E-state index contributed by atoms with van der Waals surface area (Å²) in [7, 11) is 1.67. The molecule has 1 aromatic carbocycles. The third-order valence-corrected chi connectivity index (χ3v) is 3.28. The van der Waals surface area contributed by atoms with E-state index in [0.29, 0.717) is 6.61 Å². The fraction of sp³-hybridized carbons (Fsp3) is 0.462. The van der Waals surface area contributed by atoms with Crippen LogP contribution in [0.25, 0.3) is 10.9 Å². The van der Waals surface area contributed by atoms with Crippen LogP contribution >= 0.6 is 0 Å². The van der Waals surface area contributed by atoms with Crippen molar-refractivity contribution in [2.45, 2.75) is 12.5 Å². The van der Waals surface area contributed by atoms with Crippen molar-refractivity contribution in [3.63, 3.8) is 0 Å². The van der Waals surface area contributed by atoms with E-state index in [0.717, 1.165) is 41.9 Å². The molecule has 2 aromatic rings. The summed E-state index contributed by atoms with van der Waals surface area (Å²) in [6.45, 7) is 2.46. The zero-order chi connectivity index (χ0) is 12.4. The lowest BCUT2D eigenvalue weighted by Crippen LogP contribution is -2.23. The average Bonchev–Trinajstić information content (AvgIpc) is 2.64. The highest BCUT2D eigenvalue weighted by molar-refractivity contribution is 5.83. The molecule has 0 bridgehead atoms. The first-order chi connectivity index (χ1) is 8.88. The largest absolute Gasteiger partial charge is 0.497 e. The number of aromatic nitrogens is 2. The molecular formula is C13H17N3O2. The Morgan fingerprint density at radius 1 is 1.44 bits per heavy atom. The molecule has 0 amide bonds. The van der Waals surface area contributed by atoms with Gasteiger partial charge in [0.15, 0.2) is 0 Å². The van der Waals surface area contributed by atoms with Gasteiger partial charge in [-0.05, 0) is 31.2 Å². The maximum absolute atomic E-state index is 5.59. The average molecular weight is 247 g/mol. The van der Waals surface area contributed by atoms with Gasteiger partial charge in [-0.25, -0.2) is 0 Å². The molecule has 5 heteroatoms. The zero-order valence-electron chi connectivity index (χ0n) is 10.4. The number of hydrogen-bond donors (Lipinski definition) is 2. The lowest BCUT2D eigenvalue weighted by Gasteiger charge is -2.13. The fourth-order valence-electron chi connectivity index (χ4n) is 2.30. The quantitative estimate of drug-likeness (QED) is 0.846. The van der Waals surface area contributed by atoms with E-state index >= 15 is 0 Å². The van der Waals surface area contributed by atoms with Crippen molar-refractivity contribution in [1.29, 1.82) is 0 Å². The number of benzene rings is 1. The lowest BCUT2D eigenvalue weighted by molar-refractivity contribution is 0.131. The first-order valence-corrected chi connectivity index (χ1v) is 6.21. The van der Waals surface area contributed by atoms with Gasteiger partial charge in [-0.2, -0.15) is 5.10 Å². The number of ether oxygens (including phenoxy) is 2. The van der Waals surface area contributed by atoms with Gasteiger partial charge in [0, 0.05) is 12.0 Å². The Bertz CT molecular complexity index is 530. The summed E-state index contributed by atoms with van der Waals surface area (Å²) in [5.74, 6) is 0.847. The van der Waals surface area contributed by atoms with Crippen molar-refractivity contribution < 1.29 is 9.47 Å². The van der Waals surface area contributed by atoms with E-state index in [-0.39, 0.29) is 6.04 Å². The number of rotatable bonds is 2. The van der Waals surface area contributed by atoms with Crippen LogP contribution in [-0.2, 0) is 4.74 Å². The number of methoxy groups -OCH3 is 1. The number of hydrogen-bond acceptors (Lipinski definition) is 4. The number of aromatic amines is 1. The maximum Gasteiger partial charge on any atom is 0.119 e. The minimum absolute atomic E-state index is 0.171. The van der Waals surface area contributed by atoms with Crippen LogP contribution in [0.4, 0.5) is 0 Å². The van der Waals surface area contributed by atoms with E-state index in [2.05, 4.69) is 15.5 Å². The first kappa shape index (κ1) is 11.5. The minimum Gasteiger partial charge on any atom is -0.497 e. The van der Waals surface area contributed by atoms with Crippen molar-refractivity contribution in [3.8, 4) is 5.75 Å². The molecule has 0 aliphatic carbocycles. The highest BCUT2D eigenvalue weighted by Gasteiger charge is 2.19. The van der Waals surface area contributed by atoms with Crippen LogP contribution < -0.4 is 10.1 Å². The Morgan fingerprint density at radius 2 is 2.39 bits per heavy atom. The summed E-state index contributed by atoms with van der Waals surface area (Å²) in [4.78, 5) is 0. The van der Waals surface area contributed by atoms with Crippen LogP contribution in [0.3, 0.4) is 0 Å². The molecule has 0 saturated carbocycles. The molecule has 3 rings (SSSR count). The summed E-state index contributed by atoms with van der Waals surface area (Å²) in [6, 6.07) is 6.07. The minimum atomic E-state index is 0.171. The Morgan fingerprint density at radius 3 is 3.28 bits per heavy atom. The van der Waals surface area contributed by atoms with E-state index in [9.17, 15) is 0 Å². The first-order valence-electron chi connectivity index (χ1n) is 6.21. The number of nitrogens with zero attached hydrogens (tertiary/aromatic N) is 1. The fourth-order valence-corrected chi connectivity index (χ4v) is 2.30. The van der Waals surface area contributed by atoms with E-state index in [1.165, 1.54) is 0 Å². The van der Waals surface area contributed by atoms with Crippen LogP contribution in [0.1, 0.15) is 18.2 Å². The van der Waals surface area contributed by atoms with Crippen LogP contribution in [0, 0.1) is 0 Å². The second-order valence-electron chi connectivity index (χ2n) is 4.46. The standard InChI is InChI=1S/C13H17N3O2/c1-17-9-3-4-11-10(7-9)13(16-15-11)12-8-18-6-2-5-14-12/h3-4,7,12,14H,2,5-6,8H2,1H3,(H,15,16). The highest BCUT2D eigenvalue weighted by Crippen LogP contribution is 2.26. The summed E-state index contributed by atoms with van der Waals surface area (Å²) in [6.07, 6.45) is 1.05. The van der Waals surface area contributed by atoms with Crippen LogP contribution in [0.5, 0.6) is 5.75 Å². The van der Waals surface area contributed by atoms with Gasteiger partial charge in [0.2, 0.25) is 0 Å². The van der Waals surface area contributed by atoms with Crippen LogP contribution in [-0.4, -0.2) is 37.1 Å². The molecule has 1 fully saturated rings. The smallest absolute Gasteiger partial charge is 0.119 e. The predicted molar refractivity (Wildman–Crippen MR) is 68.8 cm³/mol. The topological polar surface area (TPSA) is 59.2 Å². The third-order valence-electron chi connectivity index (χ3n) is 3.28. The van der Waals surface area contributed by atoms with E-state index in [4.69, 9.17) is 9.47 Å².